The second-order valence-corrected chi connectivity index (χ2v) is 5.01. The maximum Gasteiger partial charge on any atom is 0.0550 e. The zero-order valence-corrected chi connectivity index (χ0v) is 10.4. The molecule has 1 rings (SSSR count). The van der Waals surface area contributed by atoms with Crippen LogP contribution in [0, 0.1) is 12.8 Å². The number of hydrogen-bond donors (Lipinski definition) is 2. The highest BCUT2D eigenvalue weighted by molar-refractivity contribution is 5.33. The van der Waals surface area contributed by atoms with Crippen LogP contribution in [0.2, 0.25) is 0 Å². The van der Waals surface area contributed by atoms with E-state index < -0.39 is 5.41 Å². The van der Waals surface area contributed by atoms with Crippen molar-refractivity contribution in [3.05, 3.63) is 35.4 Å². The van der Waals surface area contributed by atoms with Gasteiger partial charge in [0.2, 0.25) is 0 Å². The lowest BCUT2D eigenvalue weighted by Crippen LogP contribution is -2.37. The highest BCUT2D eigenvalue weighted by Gasteiger charge is 2.32. The van der Waals surface area contributed by atoms with E-state index in [0.29, 0.717) is 5.92 Å². The molecule has 0 heterocycles. The molecule has 0 amide bonds. The first-order chi connectivity index (χ1) is 7.55. The third kappa shape index (κ3) is 2.63. The van der Waals surface area contributed by atoms with Gasteiger partial charge in [-0.1, -0.05) is 38.1 Å². The molecule has 2 N–H and O–H groups in total. The summed E-state index contributed by atoms with van der Waals surface area (Å²) in [4.78, 5) is 0. The highest BCUT2D eigenvalue weighted by atomic mass is 16.3. The van der Waals surface area contributed by atoms with E-state index in [-0.39, 0.29) is 13.2 Å². The van der Waals surface area contributed by atoms with E-state index in [1.54, 1.807) is 0 Å². The lowest BCUT2D eigenvalue weighted by molar-refractivity contribution is 0.0985. The van der Waals surface area contributed by atoms with E-state index in [1.165, 1.54) is 0 Å². The zero-order valence-electron chi connectivity index (χ0n) is 10.4. The third-order valence-electron chi connectivity index (χ3n) is 3.12. The number of hydrogen-bond acceptors (Lipinski definition) is 2. The van der Waals surface area contributed by atoms with Crippen molar-refractivity contribution >= 4 is 0 Å². The zero-order chi connectivity index (χ0) is 12.2. The molecule has 16 heavy (non-hydrogen) atoms. The van der Waals surface area contributed by atoms with Crippen LogP contribution in [0.4, 0.5) is 0 Å². The first-order valence-electron chi connectivity index (χ1n) is 5.83. The molecule has 0 aromatic heterocycles. The molecular weight excluding hydrogens is 200 g/mol. The first-order valence-corrected chi connectivity index (χ1v) is 5.83. The van der Waals surface area contributed by atoms with E-state index in [9.17, 15) is 10.2 Å². The third-order valence-corrected chi connectivity index (χ3v) is 3.12. The lowest BCUT2D eigenvalue weighted by Gasteiger charge is -2.33. The van der Waals surface area contributed by atoms with Crippen LogP contribution in [-0.2, 0) is 5.41 Å². The molecule has 1 aromatic carbocycles. The Morgan fingerprint density at radius 2 is 1.69 bits per heavy atom. The molecule has 90 valence electrons. The van der Waals surface area contributed by atoms with Crippen LogP contribution in [-0.4, -0.2) is 23.4 Å². The lowest BCUT2D eigenvalue weighted by atomic mass is 9.74. The fourth-order valence-corrected chi connectivity index (χ4v) is 2.41. The number of aliphatic hydroxyl groups excluding tert-OH is 2. The van der Waals surface area contributed by atoms with Crippen LogP contribution in [0.1, 0.15) is 31.4 Å². The van der Waals surface area contributed by atoms with Gasteiger partial charge in [-0.3, -0.25) is 0 Å². The van der Waals surface area contributed by atoms with Crippen molar-refractivity contribution in [1.82, 2.24) is 0 Å². The van der Waals surface area contributed by atoms with E-state index in [1.807, 2.05) is 31.2 Å². The van der Waals surface area contributed by atoms with Crippen LogP contribution >= 0.6 is 0 Å². The molecule has 0 bridgehead atoms. The average Bonchev–Trinajstić information content (AvgIpc) is 2.26. The summed E-state index contributed by atoms with van der Waals surface area (Å²) in [6.07, 6.45) is 0.796. The highest BCUT2D eigenvalue weighted by Crippen LogP contribution is 2.32. The smallest absolute Gasteiger partial charge is 0.0550 e. The molecule has 0 saturated carbocycles. The van der Waals surface area contributed by atoms with Crippen molar-refractivity contribution in [2.45, 2.75) is 32.6 Å². The van der Waals surface area contributed by atoms with Gasteiger partial charge in [-0.25, -0.2) is 0 Å². The Hall–Kier alpha value is -0.860. The molecule has 0 aliphatic heterocycles. The second kappa shape index (κ2) is 5.46. The molecule has 0 saturated heterocycles. The van der Waals surface area contributed by atoms with Crippen LogP contribution in [0.15, 0.2) is 24.3 Å². The number of rotatable bonds is 5. The van der Waals surface area contributed by atoms with Crippen molar-refractivity contribution in [3.8, 4) is 0 Å². The summed E-state index contributed by atoms with van der Waals surface area (Å²) in [6.45, 7) is 6.23. The molecule has 2 nitrogen and oxygen atoms in total. The first kappa shape index (κ1) is 13.2. The summed E-state index contributed by atoms with van der Waals surface area (Å²) >= 11 is 0. The Bertz CT molecular complexity index is 327. The van der Waals surface area contributed by atoms with E-state index in [0.717, 1.165) is 17.5 Å². The van der Waals surface area contributed by atoms with E-state index >= 15 is 0 Å². The largest absolute Gasteiger partial charge is 0.395 e. The predicted octanol–water partition coefficient (Wildman–Crippen LogP) is 2.26. The van der Waals surface area contributed by atoms with Gasteiger partial charge in [0.25, 0.3) is 0 Å². The summed E-state index contributed by atoms with van der Waals surface area (Å²) in [5.41, 5.74) is 1.69. The Morgan fingerprint density at radius 3 is 2.12 bits per heavy atom. The topological polar surface area (TPSA) is 40.5 Å². The average molecular weight is 222 g/mol. The summed E-state index contributed by atoms with van der Waals surface area (Å²) in [6, 6.07) is 7.97. The SMILES string of the molecule is Cc1ccccc1C(CO)(CO)CC(C)C. The fourth-order valence-electron chi connectivity index (χ4n) is 2.41. The molecule has 0 aliphatic rings. The Labute approximate surface area is 97.9 Å². The van der Waals surface area contributed by atoms with Crippen molar-refractivity contribution in [3.63, 3.8) is 0 Å². The Kier molecular flexibility index (Phi) is 4.51. The summed E-state index contributed by atoms with van der Waals surface area (Å²) in [5.74, 6) is 0.443. The summed E-state index contributed by atoms with van der Waals surface area (Å²) < 4.78 is 0. The van der Waals surface area contributed by atoms with Gasteiger partial charge in [-0.2, -0.15) is 0 Å². The van der Waals surface area contributed by atoms with Crippen molar-refractivity contribution in [2.24, 2.45) is 5.92 Å². The van der Waals surface area contributed by atoms with Crippen LogP contribution < -0.4 is 0 Å². The van der Waals surface area contributed by atoms with E-state index in [2.05, 4.69) is 13.8 Å². The molecule has 0 aliphatic carbocycles. The van der Waals surface area contributed by atoms with Crippen molar-refractivity contribution < 1.29 is 10.2 Å². The van der Waals surface area contributed by atoms with Gasteiger partial charge in [0.05, 0.1) is 13.2 Å². The van der Waals surface area contributed by atoms with Gasteiger partial charge < -0.3 is 10.2 Å². The predicted molar refractivity (Wildman–Crippen MR) is 66.5 cm³/mol. The van der Waals surface area contributed by atoms with Gasteiger partial charge in [0.15, 0.2) is 0 Å². The fraction of sp³-hybridized carbons (Fsp3) is 0.571. The van der Waals surface area contributed by atoms with Gasteiger partial charge >= 0.3 is 0 Å². The molecule has 0 fully saturated rings. The maximum absolute atomic E-state index is 9.64. The van der Waals surface area contributed by atoms with Gasteiger partial charge in [0.1, 0.15) is 0 Å². The molecular formula is C14H22O2. The normalized spacial score (nSPS) is 12.1. The van der Waals surface area contributed by atoms with Crippen LogP contribution in [0.3, 0.4) is 0 Å². The Balaban J connectivity index is 3.15. The van der Waals surface area contributed by atoms with Gasteiger partial charge in [-0.15, -0.1) is 0 Å². The van der Waals surface area contributed by atoms with Crippen LogP contribution in [0.5, 0.6) is 0 Å². The van der Waals surface area contributed by atoms with Crippen LogP contribution in [0.25, 0.3) is 0 Å². The molecule has 0 radical (unpaired) electrons. The summed E-state index contributed by atoms with van der Waals surface area (Å²) in [5, 5.41) is 19.3. The second-order valence-electron chi connectivity index (χ2n) is 5.01. The quantitative estimate of drug-likeness (QED) is 0.802. The molecule has 0 unspecified atom stereocenters. The standard InChI is InChI=1S/C14H22O2/c1-11(2)8-14(9-15,10-16)13-7-5-4-6-12(13)3/h4-7,11,15-16H,8-10H2,1-3H3. The number of benzene rings is 1. The minimum atomic E-state index is -0.500. The van der Waals surface area contributed by atoms with Gasteiger partial charge in [0, 0.05) is 5.41 Å². The summed E-state index contributed by atoms with van der Waals surface area (Å²) in [7, 11) is 0. The van der Waals surface area contributed by atoms with Gasteiger partial charge in [-0.05, 0) is 30.4 Å². The molecule has 0 spiro atoms. The van der Waals surface area contributed by atoms with Crippen molar-refractivity contribution in [1.29, 1.82) is 0 Å². The maximum atomic E-state index is 9.64. The Morgan fingerprint density at radius 1 is 1.12 bits per heavy atom. The molecule has 2 heteroatoms. The monoisotopic (exact) mass is 222 g/mol. The number of aliphatic hydroxyl groups is 2. The molecule has 0 atom stereocenters. The van der Waals surface area contributed by atoms with E-state index in [4.69, 9.17) is 0 Å². The molecule has 1 aromatic rings. The minimum absolute atomic E-state index is 0.00741. The minimum Gasteiger partial charge on any atom is -0.395 e. The van der Waals surface area contributed by atoms with Crippen molar-refractivity contribution in [2.75, 3.05) is 13.2 Å². The number of aryl methyl sites for hydroxylation is 1.